The second-order valence-corrected chi connectivity index (χ2v) is 7.76. The number of hydrazine groups is 1. The molecular formula is C20H27N5O5+. The zero-order valence-electron chi connectivity index (χ0n) is 17.5. The molecule has 2 N–H and O–H groups in total. The molecule has 0 aliphatic carbocycles. The van der Waals surface area contributed by atoms with Crippen LogP contribution in [-0.2, 0) is 19.2 Å². The molecule has 1 saturated heterocycles. The van der Waals surface area contributed by atoms with Gasteiger partial charge >= 0.3 is 24.3 Å². The minimum absolute atomic E-state index is 0.0236. The third-order valence-corrected chi connectivity index (χ3v) is 4.66. The van der Waals surface area contributed by atoms with Crippen LogP contribution in [0.25, 0.3) is 0 Å². The molecule has 30 heavy (non-hydrogen) atoms. The second kappa shape index (κ2) is 9.49. The van der Waals surface area contributed by atoms with Crippen molar-refractivity contribution in [3.8, 4) is 0 Å². The number of piperazine rings is 1. The number of rotatable bonds is 6. The zero-order valence-corrected chi connectivity index (χ0v) is 17.5. The number of nitrogens with one attached hydrogen (secondary N) is 2. The average molecular weight is 417 g/mol. The van der Waals surface area contributed by atoms with Crippen molar-refractivity contribution in [2.24, 2.45) is 0 Å². The Morgan fingerprint density at radius 3 is 2.30 bits per heavy atom. The van der Waals surface area contributed by atoms with Crippen molar-refractivity contribution < 1.29 is 24.0 Å². The number of hydrogen-bond donors (Lipinski definition) is 2. The van der Waals surface area contributed by atoms with Crippen LogP contribution in [0, 0.1) is 0 Å². The van der Waals surface area contributed by atoms with Gasteiger partial charge in [0, 0.05) is 24.6 Å². The summed E-state index contributed by atoms with van der Waals surface area (Å²) < 4.78 is 0. The number of urea groups is 1. The highest BCUT2D eigenvalue weighted by atomic mass is 16.2. The second-order valence-electron chi connectivity index (χ2n) is 7.76. The van der Waals surface area contributed by atoms with Gasteiger partial charge in [-0.15, -0.1) is 5.43 Å². The average Bonchev–Trinajstić information content (AvgIpc) is 2.71. The topological polar surface area (TPSA) is 122 Å². The highest BCUT2D eigenvalue weighted by Crippen LogP contribution is 2.16. The SMILES string of the molecule is CCN1CCN(C(=O)NC(C(=O)N[N+](C=O)C(C)(C)C)c2ccccc2)C(=O)C1=O. The van der Waals surface area contributed by atoms with Crippen LogP contribution in [0.15, 0.2) is 30.3 Å². The normalized spacial score (nSPS) is 15.8. The molecule has 6 amide bonds. The maximum Gasteiger partial charge on any atom is 0.377 e. The van der Waals surface area contributed by atoms with Gasteiger partial charge in [-0.25, -0.2) is 9.59 Å². The first-order valence-corrected chi connectivity index (χ1v) is 9.61. The summed E-state index contributed by atoms with van der Waals surface area (Å²) in [6, 6.07) is 6.36. The first kappa shape index (κ1) is 23.0. The fraction of sp³-hybridized carbons (Fsp3) is 0.450. The summed E-state index contributed by atoms with van der Waals surface area (Å²) in [5, 5.41) is 3.60. The van der Waals surface area contributed by atoms with Crippen molar-refractivity contribution in [3.63, 3.8) is 0 Å². The van der Waals surface area contributed by atoms with E-state index in [0.29, 0.717) is 18.5 Å². The number of hydrogen-bond acceptors (Lipinski definition) is 5. The van der Waals surface area contributed by atoms with Crippen LogP contribution in [0.5, 0.6) is 0 Å². The molecular weight excluding hydrogens is 390 g/mol. The molecule has 0 bridgehead atoms. The molecule has 0 saturated carbocycles. The summed E-state index contributed by atoms with van der Waals surface area (Å²) in [7, 11) is 0. The fourth-order valence-corrected chi connectivity index (χ4v) is 2.85. The number of benzene rings is 1. The van der Waals surface area contributed by atoms with E-state index in [4.69, 9.17) is 0 Å². The third kappa shape index (κ3) is 5.20. The van der Waals surface area contributed by atoms with Crippen molar-refractivity contribution in [1.29, 1.82) is 0 Å². The Bertz CT molecular complexity index is 821. The number of nitrogens with zero attached hydrogens (tertiary/aromatic N) is 3. The molecule has 1 radical (unpaired) electrons. The molecule has 1 aliphatic rings. The number of carbonyl (C=O) groups is 5. The van der Waals surface area contributed by atoms with Crippen molar-refractivity contribution in [2.75, 3.05) is 19.6 Å². The van der Waals surface area contributed by atoms with Crippen LogP contribution in [0.4, 0.5) is 4.79 Å². The summed E-state index contributed by atoms with van der Waals surface area (Å²) in [4.78, 5) is 63.6. The molecule has 1 aliphatic heterocycles. The predicted molar refractivity (Wildman–Crippen MR) is 108 cm³/mol. The van der Waals surface area contributed by atoms with Gasteiger partial charge in [-0.3, -0.25) is 19.3 Å². The van der Waals surface area contributed by atoms with Crippen LogP contribution in [0.3, 0.4) is 0 Å². The maximum atomic E-state index is 12.9. The van der Waals surface area contributed by atoms with E-state index < -0.39 is 35.3 Å². The molecule has 1 heterocycles. The van der Waals surface area contributed by atoms with Crippen LogP contribution in [-0.4, -0.2) is 65.1 Å². The Balaban J connectivity index is 2.23. The minimum Gasteiger partial charge on any atom is -0.333 e. The van der Waals surface area contributed by atoms with Crippen molar-refractivity contribution >= 4 is 30.2 Å². The van der Waals surface area contributed by atoms with Gasteiger partial charge in [0.25, 0.3) is 5.91 Å². The summed E-state index contributed by atoms with van der Waals surface area (Å²) in [5.41, 5.74) is 2.24. The van der Waals surface area contributed by atoms with Gasteiger partial charge in [0.05, 0.1) is 0 Å². The number of likely N-dealkylation sites (N-methyl/N-ethyl adjacent to an activating group) is 1. The third-order valence-electron chi connectivity index (χ3n) is 4.66. The highest BCUT2D eigenvalue weighted by molar-refractivity contribution is 6.38. The van der Waals surface area contributed by atoms with Crippen molar-refractivity contribution in [1.82, 2.24) is 25.6 Å². The first-order chi connectivity index (χ1) is 14.1. The zero-order chi connectivity index (χ0) is 22.5. The lowest BCUT2D eigenvalue weighted by Crippen LogP contribution is -2.61. The molecule has 2 rings (SSSR count). The van der Waals surface area contributed by atoms with E-state index in [1.807, 2.05) is 0 Å². The van der Waals surface area contributed by atoms with Gasteiger partial charge < -0.3 is 10.2 Å². The van der Waals surface area contributed by atoms with E-state index in [0.717, 1.165) is 9.91 Å². The molecule has 1 unspecified atom stereocenters. The molecule has 0 spiro atoms. The summed E-state index contributed by atoms with van der Waals surface area (Å²) in [6.07, 6.45) is 0.480. The van der Waals surface area contributed by atoms with Gasteiger partial charge in [0.15, 0.2) is 5.54 Å². The maximum absolute atomic E-state index is 12.9. The van der Waals surface area contributed by atoms with E-state index >= 15 is 0 Å². The Labute approximate surface area is 175 Å². The standard InChI is InChI=1S/C20H27N5O5/c1-5-23-11-12-24(18(29)17(23)28)19(30)21-15(14-9-7-6-8-10-14)16(27)22-25(13-26)20(2,3)4/h6-10,13,15H,5,11-12H2,1-4H3,(H,21,30)(H,22,27)/q+1. The Hall–Kier alpha value is -3.27. The summed E-state index contributed by atoms with van der Waals surface area (Å²) in [6.45, 7) is 7.55. The minimum atomic E-state index is -1.18. The Kier molecular flexibility index (Phi) is 7.28. The van der Waals surface area contributed by atoms with E-state index in [1.54, 1.807) is 58.0 Å². The Morgan fingerprint density at radius 2 is 1.77 bits per heavy atom. The summed E-state index contributed by atoms with van der Waals surface area (Å²) >= 11 is 0. The van der Waals surface area contributed by atoms with E-state index in [-0.39, 0.29) is 13.1 Å². The molecule has 1 aromatic carbocycles. The number of amides is 6. The van der Waals surface area contributed by atoms with Gasteiger partial charge in [-0.1, -0.05) is 30.3 Å². The van der Waals surface area contributed by atoms with Crippen molar-refractivity contribution in [2.45, 2.75) is 39.3 Å². The van der Waals surface area contributed by atoms with E-state index in [2.05, 4.69) is 10.7 Å². The lowest BCUT2D eigenvalue weighted by atomic mass is 10.1. The number of imide groups is 1. The molecule has 1 aromatic rings. The van der Waals surface area contributed by atoms with Crippen LogP contribution in [0.2, 0.25) is 0 Å². The number of carbonyl (C=O) groups excluding carboxylic acids is 5. The fourth-order valence-electron chi connectivity index (χ4n) is 2.85. The van der Waals surface area contributed by atoms with Crippen molar-refractivity contribution in [3.05, 3.63) is 35.9 Å². The van der Waals surface area contributed by atoms with Crippen LogP contribution >= 0.6 is 0 Å². The lowest BCUT2D eigenvalue weighted by Gasteiger charge is -2.32. The van der Waals surface area contributed by atoms with E-state index in [9.17, 15) is 24.0 Å². The van der Waals surface area contributed by atoms with Gasteiger partial charge in [0.2, 0.25) is 0 Å². The largest absolute Gasteiger partial charge is 0.377 e. The quantitative estimate of drug-likeness (QED) is 0.297. The predicted octanol–water partition coefficient (Wildman–Crippen LogP) is 0.254. The van der Waals surface area contributed by atoms with Crippen LogP contribution < -0.4 is 15.8 Å². The van der Waals surface area contributed by atoms with Gasteiger partial charge in [0.1, 0.15) is 6.04 Å². The molecule has 0 aromatic heterocycles. The molecule has 1 atom stereocenters. The molecule has 161 valence electrons. The molecule has 10 heteroatoms. The summed E-state index contributed by atoms with van der Waals surface area (Å²) in [5.74, 6) is -2.38. The monoisotopic (exact) mass is 417 g/mol. The molecule has 1 fully saturated rings. The van der Waals surface area contributed by atoms with Gasteiger partial charge in [-0.2, -0.15) is 0 Å². The van der Waals surface area contributed by atoms with Crippen LogP contribution in [0.1, 0.15) is 39.3 Å². The Morgan fingerprint density at radius 1 is 1.13 bits per heavy atom. The highest BCUT2D eigenvalue weighted by Gasteiger charge is 2.39. The lowest BCUT2D eigenvalue weighted by molar-refractivity contribution is -0.153. The first-order valence-electron chi connectivity index (χ1n) is 9.61. The smallest absolute Gasteiger partial charge is 0.333 e. The van der Waals surface area contributed by atoms with E-state index in [1.165, 1.54) is 4.90 Å². The molecule has 10 nitrogen and oxygen atoms in total. The van der Waals surface area contributed by atoms with Gasteiger partial charge in [-0.05, 0) is 33.3 Å².